The minimum Gasteiger partial charge on any atom is -0.381 e. The second-order valence-electron chi connectivity index (χ2n) is 7.22. The van der Waals surface area contributed by atoms with Crippen LogP contribution in [-0.2, 0) is 6.42 Å². The van der Waals surface area contributed by atoms with Gasteiger partial charge in [0.05, 0.1) is 28.8 Å². The molecule has 138 valence electrons. The molecule has 0 unspecified atom stereocenters. The second kappa shape index (κ2) is 7.27. The van der Waals surface area contributed by atoms with Crippen molar-refractivity contribution in [3.05, 3.63) is 60.0 Å². The zero-order valence-corrected chi connectivity index (χ0v) is 15.7. The normalized spacial score (nSPS) is 13.5. The number of pyridine rings is 1. The van der Waals surface area contributed by atoms with Gasteiger partial charge in [0.2, 0.25) is 0 Å². The van der Waals surface area contributed by atoms with E-state index in [1.54, 1.807) is 6.20 Å². The van der Waals surface area contributed by atoms with E-state index in [-0.39, 0.29) is 11.8 Å². The third kappa shape index (κ3) is 3.45. The average molecular weight is 360 g/mol. The van der Waals surface area contributed by atoms with Gasteiger partial charge in [-0.05, 0) is 44.9 Å². The van der Waals surface area contributed by atoms with Crippen LogP contribution in [0.15, 0.2) is 48.8 Å². The molecule has 0 atom stereocenters. The predicted octanol–water partition coefficient (Wildman–Crippen LogP) is 5.16. The number of anilines is 3. The highest BCUT2D eigenvalue weighted by atomic mass is 16.1. The summed E-state index contributed by atoms with van der Waals surface area (Å²) in [5.41, 5.74) is 6.54. The summed E-state index contributed by atoms with van der Waals surface area (Å²) in [6, 6.07) is 12.2. The Labute approximate surface area is 159 Å². The van der Waals surface area contributed by atoms with Gasteiger partial charge < -0.3 is 15.6 Å². The fraction of sp³-hybridized carbons (Fsp3) is 0.273. The van der Waals surface area contributed by atoms with Gasteiger partial charge in [-0.15, -0.1) is 0 Å². The van der Waals surface area contributed by atoms with Crippen molar-refractivity contribution < 1.29 is 4.79 Å². The van der Waals surface area contributed by atoms with Crippen LogP contribution in [0.25, 0.3) is 11.3 Å². The Hall–Kier alpha value is -3.08. The van der Waals surface area contributed by atoms with Crippen molar-refractivity contribution in [3.8, 4) is 11.3 Å². The van der Waals surface area contributed by atoms with Crippen LogP contribution in [0.1, 0.15) is 42.7 Å². The van der Waals surface area contributed by atoms with Gasteiger partial charge in [-0.1, -0.05) is 18.2 Å². The number of para-hydroxylation sites is 1. The van der Waals surface area contributed by atoms with Crippen molar-refractivity contribution in [2.45, 2.75) is 39.2 Å². The lowest BCUT2D eigenvalue weighted by atomic mass is 9.95. The Bertz CT molecular complexity index is 960. The van der Waals surface area contributed by atoms with E-state index in [1.165, 1.54) is 0 Å². The highest BCUT2D eigenvalue weighted by Crippen LogP contribution is 2.40. The summed E-state index contributed by atoms with van der Waals surface area (Å²) >= 11 is 0. The molecule has 2 aromatic heterocycles. The molecule has 0 spiro atoms. The fourth-order valence-electron chi connectivity index (χ4n) is 3.63. The van der Waals surface area contributed by atoms with Crippen LogP contribution in [0.5, 0.6) is 0 Å². The number of hydrogen-bond acceptors (Lipinski definition) is 4. The first-order valence-corrected chi connectivity index (χ1v) is 9.44. The number of fused-ring (bicyclic) bond motifs is 1. The quantitative estimate of drug-likeness (QED) is 0.588. The summed E-state index contributed by atoms with van der Waals surface area (Å²) in [7, 11) is 0. The number of benzene rings is 1. The molecule has 4 rings (SSSR count). The van der Waals surface area contributed by atoms with Crippen molar-refractivity contribution in [2.24, 2.45) is 0 Å². The Kier molecular flexibility index (Phi) is 4.67. The molecule has 0 radical (unpaired) electrons. The number of hydrogen-bond donors (Lipinski definition) is 3. The van der Waals surface area contributed by atoms with E-state index in [1.807, 2.05) is 42.6 Å². The maximum absolute atomic E-state index is 12.7. The monoisotopic (exact) mass is 360 g/mol. The molecule has 1 aliphatic carbocycles. The highest BCUT2D eigenvalue weighted by molar-refractivity contribution is 6.08. The maximum atomic E-state index is 12.7. The molecule has 0 aliphatic heterocycles. The molecule has 3 aromatic rings. The van der Waals surface area contributed by atoms with Gasteiger partial charge in [0.1, 0.15) is 0 Å². The van der Waals surface area contributed by atoms with Crippen LogP contribution in [0, 0.1) is 0 Å². The Morgan fingerprint density at radius 2 is 1.93 bits per heavy atom. The Balaban J connectivity index is 1.87. The van der Waals surface area contributed by atoms with Gasteiger partial charge in [-0.2, -0.15) is 0 Å². The molecule has 1 aliphatic rings. The number of aromatic nitrogens is 2. The summed E-state index contributed by atoms with van der Waals surface area (Å²) in [5, 5.41) is 6.95. The molecule has 0 fully saturated rings. The van der Waals surface area contributed by atoms with E-state index < -0.39 is 0 Å². The van der Waals surface area contributed by atoms with Gasteiger partial charge in [0.15, 0.2) is 5.78 Å². The van der Waals surface area contributed by atoms with Crippen molar-refractivity contribution in [3.63, 3.8) is 0 Å². The first-order valence-electron chi connectivity index (χ1n) is 9.44. The number of aryl methyl sites for hydroxylation is 1. The standard InChI is InChI=1S/C22H24N4O/c1-14(2)24-18-13-23-12-11-16(18)21-22(25-15-7-4-3-5-8-15)20-17(26-21)9-6-10-19(20)27/h3-5,7-8,11-14,24-26H,6,9-10H2,1-2H3. The molecule has 2 heterocycles. The third-order valence-electron chi connectivity index (χ3n) is 4.76. The number of H-pyrrole nitrogens is 1. The molecule has 5 nitrogen and oxygen atoms in total. The number of nitrogens with zero attached hydrogens (tertiary/aromatic N) is 1. The van der Waals surface area contributed by atoms with Gasteiger partial charge in [0.25, 0.3) is 0 Å². The summed E-state index contributed by atoms with van der Waals surface area (Å²) in [6.45, 7) is 4.20. The van der Waals surface area contributed by atoms with E-state index in [2.05, 4.69) is 34.4 Å². The Morgan fingerprint density at radius 1 is 1.11 bits per heavy atom. The average Bonchev–Trinajstić information content (AvgIpc) is 3.02. The van der Waals surface area contributed by atoms with E-state index in [0.717, 1.165) is 52.4 Å². The molecule has 0 bridgehead atoms. The molecular formula is C22H24N4O. The van der Waals surface area contributed by atoms with Crippen LogP contribution in [0.2, 0.25) is 0 Å². The lowest BCUT2D eigenvalue weighted by Gasteiger charge is -2.16. The van der Waals surface area contributed by atoms with Crippen molar-refractivity contribution in [1.29, 1.82) is 0 Å². The number of Topliss-reactive ketones (excluding diaryl/α,β-unsaturated/α-hetero) is 1. The summed E-state index contributed by atoms with van der Waals surface area (Å²) in [5.74, 6) is 0.199. The number of carbonyl (C=O) groups excluding carboxylic acids is 1. The minimum absolute atomic E-state index is 0.199. The van der Waals surface area contributed by atoms with Crippen LogP contribution in [-0.4, -0.2) is 21.8 Å². The Morgan fingerprint density at radius 3 is 2.70 bits per heavy atom. The second-order valence-corrected chi connectivity index (χ2v) is 7.22. The molecule has 0 saturated heterocycles. The van der Waals surface area contributed by atoms with Gasteiger partial charge in [0, 0.05) is 35.6 Å². The number of carbonyl (C=O) groups is 1. The van der Waals surface area contributed by atoms with Crippen LogP contribution < -0.4 is 10.6 Å². The predicted molar refractivity (Wildman–Crippen MR) is 110 cm³/mol. The molecule has 27 heavy (non-hydrogen) atoms. The third-order valence-corrected chi connectivity index (χ3v) is 4.76. The molecule has 0 saturated carbocycles. The first-order chi connectivity index (χ1) is 13.1. The van der Waals surface area contributed by atoms with Crippen molar-refractivity contribution in [1.82, 2.24) is 9.97 Å². The first kappa shape index (κ1) is 17.3. The molecule has 5 heteroatoms. The van der Waals surface area contributed by atoms with Crippen LogP contribution in [0.3, 0.4) is 0 Å². The number of rotatable bonds is 5. The van der Waals surface area contributed by atoms with Crippen LogP contribution >= 0.6 is 0 Å². The minimum atomic E-state index is 0.199. The summed E-state index contributed by atoms with van der Waals surface area (Å²) in [4.78, 5) is 20.5. The van der Waals surface area contributed by atoms with Gasteiger partial charge >= 0.3 is 0 Å². The van der Waals surface area contributed by atoms with Crippen molar-refractivity contribution >= 4 is 22.8 Å². The maximum Gasteiger partial charge on any atom is 0.166 e. The van der Waals surface area contributed by atoms with E-state index in [0.29, 0.717) is 6.42 Å². The summed E-state index contributed by atoms with van der Waals surface area (Å²) in [6.07, 6.45) is 6.01. The van der Waals surface area contributed by atoms with Crippen LogP contribution in [0.4, 0.5) is 17.1 Å². The lowest BCUT2D eigenvalue weighted by Crippen LogP contribution is -2.11. The molecule has 3 N–H and O–H groups in total. The zero-order valence-electron chi connectivity index (χ0n) is 15.7. The zero-order chi connectivity index (χ0) is 18.8. The molecule has 0 amide bonds. The van der Waals surface area contributed by atoms with Crippen molar-refractivity contribution in [2.75, 3.05) is 10.6 Å². The summed E-state index contributed by atoms with van der Waals surface area (Å²) < 4.78 is 0. The number of aromatic amines is 1. The number of ketones is 1. The topological polar surface area (TPSA) is 69.8 Å². The fourth-order valence-corrected chi connectivity index (χ4v) is 3.63. The molecular weight excluding hydrogens is 336 g/mol. The van der Waals surface area contributed by atoms with Gasteiger partial charge in [-0.3, -0.25) is 9.78 Å². The number of nitrogens with one attached hydrogen (secondary N) is 3. The lowest BCUT2D eigenvalue weighted by molar-refractivity contribution is 0.0973. The molecule has 1 aromatic carbocycles. The van der Waals surface area contributed by atoms with E-state index in [9.17, 15) is 4.79 Å². The highest BCUT2D eigenvalue weighted by Gasteiger charge is 2.27. The van der Waals surface area contributed by atoms with Gasteiger partial charge in [-0.25, -0.2) is 0 Å². The SMILES string of the molecule is CC(C)Nc1cnccc1-c1[nH]c2c(c1Nc1ccccc1)C(=O)CCC2. The smallest absolute Gasteiger partial charge is 0.166 e. The van der Waals surface area contributed by atoms with E-state index in [4.69, 9.17) is 0 Å². The largest absolute Gasteiger partial charge is 0.381 e. The van der Waals surface area contributed by atoms with E-state index >= 15 is 0 Å².